The zero-order valence-corrected chi connectivity index (χ0v) is 9.96. The second-order valence-corrected chi connectivity index (χ2v) is 5.11. The summed E-state index contributed by atoms with van der Waals surface area (Å²) in [5.74, 6) is 0.618. The van der Waals surface area contributed by atoms with Crippen LogP contribution in [-0.4, -0.2) is 5.16 Å². The summed E-state index contributed by atoms with van der Waals surface area (Å²) in [4.78, 5) is 0. The highest BCUT2D eigenvalue weighted by atomic mass is 79.9. The van der Waals surface area contributed by atoms with Crippen LogP contribution in [0.5, 0.6) is 0 Å². The van der Waals surface area contributed by atoms with Gasteiger partial charge in [-0.25, -0.2) is 0 Å². The monoisotopic (exact) mass is 265 g/mol. The van der Waals surface area contributed by atoms with Gasteiger partial charge >= 0.3 is 0 Å². The molecule has 1 aliphatic rings. The zero-order chi connectivity index (χ0) is 10.3. The molecular formula is C12H12BrNO. The Morgan fingerprint density at radius 2 is 2.07 bits per heavy atom. The van der Waals surface area contributed by atoms with Crippen molar-refractivity contribution in [2.45, 2.75) is 31.6 Å². The summed E-state index contributed by atoms with van der Waals surface area (Å²) < 4.78 is 6.41. The smallest absolute Gasteiger partial charge is 0.168 e. The van der Waals surface area contributed by atoms with E-state index >= 15 is 0 Å². The highest BCUT2D eigenvalue weighted by Gasteiger charge is 2.22. The van der Waals surface area contributed by atoms with Gasteiger partial charge in [-0.15, -0.1) is 0 Å². The SMILES string of the molecule is Brc1ccc2c(C3CCCC3)noc2c1. The number of rotatable bonds is 1. The molecule has 2 aromatic rings. The summed E-state index contributed by atoms with van der Waals surface area (Å²) in [7, 11) is 0. The van der Waals surface area contributed by atoms with Gasteiger partial charge < -0.3 is 4.52 Å². The lowest BCUT2D eigenvalue weighted by Gasteiger charge is -2.03. The van der Waals surface area contributed by atoms with Gasteiger partial charge in [0.05, 0.1) is 5.69 Å². The fourth-order valence-electron chi connectivity index (χ4n) is 2.42. The number of hydrogen-bond acceptors (Lipinski definition) is 2. The third kappa shape index (κ3) is 1.59. The Morgan fingerprint density at radius 3 is 2.87 bits per heavy atom. The van der Waals surface area contributed by atoms with Crippen molar-refractivity contribution in [1.82, 2.24) is 5.16 Å². The Hall–Kier alpha value is -0.830. The number of halogens is 1. The molecule has 2 nitrogen and oxygen atoms in total. The van der Waals surface area contributed by atoms with Crippen molar-refractivity contribution in [3.8, 4) is 0 Å². The molecule has 15 heavy (non-hydrogen) atoms. The molecule has 0 unspecified atom stereocenters. The second kappa shape index (κ2) is 3.63. The first-order valence-corrected chi connectivity index (χ1v) is 6.19. The van der Waals surface area contributed by atoms with E-state index in [4.69, 9.17) is 4.52 Å². The maximum atomic E-state index is 5.36. The second-order valence-electron chi connectivity index (χ2n) is 4.19. The summed E-state index contributed by atoms with van der Waals surface area (Å²) in [6.07, 6.45) is 5.18. The molecule has 78 valence electrons. The molecule has 0 N–H and O–H groups in total. The first kappa shape index (κ1) is 9.40. The Balaban J connectivity index is 2.11. The fourth-order valence-corrected chi connectivity index (χ4v) is 2.76. The van der Waals surface area contributed by atoms with Crippen LogP contribution in [0.2, 0.25) is 0 Å². The Bertz CT molecular complexity index is 485. The van der Waals surface area contributed by atoms with E-state index < -0.39 is 0 Å². The molecule has 0 bridgehead atoms. The molecule has 0 saturated heterocycles. The van der Waals surface area contributed by atoms with Crippen molar-refractivity contribution < 1.29 is 4.52 Å². The van der Waals surface area contributed by atoms with Crippen LogP contribution in [0, 0.1) is 0 Å². The third-order valence-corrected chi connectivity index (χ3v) is 3.70. The van der Waals surface area contributed by atoms with E-state index in [0.717, 1.165) is 15.7 Å². The van der Waals surface area contributed by atoms with E-state index in [1.54, 1.807) is 0 Å². The number of aromatic nitrogens is 1. The van der Waals surface area contributed by atoms with Crippen LogP contribution in [0.25, 0.3) is 11.0 Å². The minimum absolute atomic E-state index is 0.618. The summed E-state index contributed by atoms with van der Waals surface area (Å²) in [6, 6.07) is 6.14. The number of nitrogens with zero attached hydrogens (tertiary/aromatic N) is 1. The van der Waals surface area contributed by atoms with E-state index in [2.05, 4.69) is 33.2 Å². The van der Waals surface area contributed by atoms with Gasteiger partial charge in [0.15, 0.2) is 5.58 Å². The highest BCUT2D eigenvalue weighted by Crippen LogP contribution is 2.37. The van der Waals surface area contributed by atoms with Crippen molar-refractivity contribution in [3.63, 3.8) is 0 Å². The minimum atomic E-state index is 0.618. The summed E-state index contributed by atoms with van der Waals surface area (Å²) in [5.41, 5.74) is 2.06. The van der Waals surface area contributed by atoms with Crippen molar-refractivity contribution >= 4 is 26.9 Å². The molecule has 1 fully saturated rings. The quantitative estimate of drug-likeness (QED) is 0.771. The zero-order valence-electron chi connectivity index (χ0n) is 8.37. The lowest BCUT2D eigenvalue weighted by Crippen LogP contribution is -1.92. The normalized spacial score (nSPS) is 17.7. The van der Waals surface area contributed by atoms with E-state index in [0.29, 0.717) is 5.92 Å². The molecule has 0 radical (unpaired) electrons. The molecule has 1 saturated carbocycles. The van der Waals surface area contributed by atoms with Crippen molar-refractivity contribution in [1.29, 1.82) is 0 Å². The van der Waals surface area contributed by atoms with Crippen LogP contribution in [0.4, 0.5) is 0 Å². The van der Waals surface area contributed by atoms with Crippen molar-refractivity contribution in [3.05, 3.63) is 28.4 Å². The number of benzene rings is 1. The Kier molecular flexibility index (Phi) is 2.28. The van der Waals surface area contributed by atoms with E-state index in [1.165, 1.54) is 31.1 Å². The van der Waals surface area contributed by atoms with Crippen LogP contribution in [-0.2, 0) is 0 Å². The molecule has 1 aromatic heterocycles. The minimum Gasteiger partial charge on any atom is -0.356 e. The lowest BCUT2D eigenvalue weighted by molar-refractivity contribution is 0.437. The lowest BCUT2D eigenvalue weighted by atomic mass is 10.0. The molecule has 1 aromatic carbocycles. The van der Waals surface area contributed by atoms with Crippen LogP contribution < -0.4 is 0 Å². The Labute approximate surface area is 96.8 Å². The first-order valence-electron chi connectivity index (χ1n) is 5.39. The van der Waals surface area contributed by atoms with Crippen LogP contribution >= 0.6 is 15.9 Å². The van der Waals surface area contributed by atoms with Gasteiger partial charge in [-0.05, 0) is 31.0 Å². The molecule has 0 amide bonds. The third-order valence-electron chi connectivity index (χ3n) is 3.20. The van der Waals surface area contributed by atoms with Gasteiger partial charge in [0, 0.05) is 15.8 Å². The van der Waals surface area contributed by atoms with Crippen molar-refractivity contribution in [2.75, 3.05) is 0 Å². The molecule has 1 heterocycles. The molecule has 0 spiro atoms. The summed E-state index contributed by atoms with van der Waals surface area (Å²) in [5, 5.41) is 5.41. The molecule has 1 aliphatic carbocycles. The van der Waals surface area contributed by atoms with E-state index in [1.807, 2.05) is 6.07 Å². The largest absolute Gasteiger partial charge is 0.356 e. The average Bonchev–Trinajstić information content (AvgIpc) is 2.82. The summed E-state index contributed by atoms with van der Waals surface area (Å²) in [6.45, 7) is 0. The van der Waals surface area contributed by atoms with Gasteiger partial charge in [0.25, 0.3) is 0 Å². The fraction of sp³-hybridized carbons (Fsp3) is 0.417. The molecule has 3 heteroatoms. The number of fused-ring (bicyclic) bond motifs is 1. The average molecular weight is 266 g/mol. The highest BCUT2D eigenvalue weighted by molar-refractivity contribution is 9.10. The van der Waals surface area contributed by atoms with Gasteiger partial charge in [0.2, 0.25) is 0 Å². The molecule has 3 rings (SSSR count). The first-order chi connectivity index (χ1) is 7.34. The van der Waals surface area contributed by atoms with Gasteiger partial charge in [-0.2, -0.15) is 0 Å². The number of hydrogen-bond donors (Lipinski definition) is 0. The Morgan fingerprint density at radius 1 is 1.27 bits per heavy atom. The van der Waals surface area contributed by atoms with Gasteiger partial charge in [-0.3, -0.25) is 0 Å². The topological polar surface area (TPSA) is 26.0 Å². The van der Waals surface area contributed by atoms with Crippen molar-refractivity contribution in [2.24, 2.45) is 0 Å². The van der Waals surface area contributed by atoms with Gasteiger partial charge in [-0.1, -0.05) is 33.9 Å². The maximum Gasteiger partial charge on any atom is 0.168 e. The van der Waals surface area contributed by atoms with Crippen LogP contribution in [0.15, 0.2) is 27.2 Å². The standard InChI is InChI=1S/C12H12BrNO/c13-9-5-6-10-11(7-9)15-14-12(10)8-3-1-2-4-8/h5-8H,1-4H2. The van der Waals surface area contributed by atoms with Crippen LogP contribution in [0.3, 0.4) is 0 Å². The van der Waals surface area contributed by atoms with E-state index in [-0.39, 0.29) is 0 Å². The summed E-state index contributed by atoms with van der Waals surface area (Å²) >= 11 is 3.44. The van der Waals surface area contributed by atoms with Gasteiger partial charge in [0.1, 0.15) is 0 Å². The molecule has 0 atom stereocenters. The molecule has 0 aliphatic heterocycles. The van der Waals surface area contributed by atoms with Crippen LogP contribution in [0.1, 0.15) is 37.3 Å². The molecular weight excluding hydrogens is 254 g/mol. The predicted octanol–water partition coefficient (Wildman–Crippen LogP) is 4.25. The van der Waals surface area contributed by atoms with E-state index in [9.17, 15) is 0 Å². The predicted molar refractivity (Wildman–Crippen MR) is 62.9 cm³/mol. The maximum absolute atomic E-state index is 5.36.